The number of aliphatic hydroxyl groups is 1. The predicted octanol–water partition coefficient (Wildman–Crippen LogP) is 2.18. The molecule has 0 spiro atoms. The van der Waals surface area contributed by atoms with Crippen molar-refractivity contribution in [2.75, 3.05) is 6.67 Å². The largest absolute Gasteiger partial charge is 0.386 e. The molecule has 0 heterocycles. The van der Waals surface area contributed by atoms with Crippen LogP contribution in [0.3, 0.4) is 0 Å². The fourth-order valence-corrected chi connectivity index (χ4v) is 1.72. The molecular formula is C13H14Cl2FNO3. The van der Waals surface area contributed by atoms with Gasteiger partial charge < -0.3 is 10.4 Å². The molecule has 1 amide bonds. The minimum absolute atomic E-state index is 0.117. The van der Waals surface area contributed by atoms with Crippen molar-refractivity contribution in [2.45, 2.75) is 23.9 Å². The van der Waals surface area contributed by atoms with Crippen molar-refractivity contribution in [3.8, 4) is 0 Å². The molecule has 0 bridgehead atoms. The Bertz CT molecular complexity index is 479. The Hall–Kier alpha value is -1.17. The van der Waals surface area contributed by atoms with Gasteiger partial charge in [-0.2, -0.15) is 0 Å². The molecule has 1 aromatic rings. The number of nitrogens with one attached hydrogen (secondary N) is 1. The van der Waals surface area contributed by atoms with Crippen molar-refractivity contribution in [1.29, 1.82) is 0 Å². The summed E-state index contributed by atoms with van der Waals surface area (Å²) < 4.78 is 12.9. The summed E-state index contributed by atoms with van der Waals surface area (Å²) >= 11 is 10.7. The van der Waals surface area contributed by atoms with Crippen molar-refractivity contribution in [3.63, 3.8) is 0 Å². The topological polar surface area (TPSA) is 66.4 Å². The van der Waals surface area contributed by atoms with Crippen LogP contribution in [0.1, 0.15) is 28.9 Å². The van der Waals surface area contributed by atoms with Gasteiger partial charge in [0.25, 0.3) is 5.91 Å². The smallest absolute Gasteiger partial charge is 0.253 e. The van der Waals surface area contributed by atoms with Crippen LogP contribution < -0.4 is 5.32 Å². The van der Waals surface area contributed by atoms with Crippen LogP contribution in [0.5, 0.6) is 0 Å². The number of hydrogen-bond donors (Lipinski definition) is 2. The Labute approximate surface area is 125 Å². The highest BCUT2D eigenvalue weighted by atomic mass is 35.5. The van der Waals surface area contributed by atoms with E-state index in [1.807, 2.05) is 0 Å². The number of amides is 1. The van der Waals surface area contributed by atoms with E-state index in [4.69, 9.17) is 23.2 Å². The number of carbonyl (C=O) groups excluding carboxylic acids is 2. The number of Topliss-reactive ketones (excluding diaryl/α,β-unsaturated/α-hetero) is 1. The van der Waals surface area contributed by atoms with E-state index in [1.54, 1.807) is 0 Å². The zero-order chi connectivity index (χ0) is 15.3. The summed E-state index contributed by atoms with van der Waals surface area (Å²) in [7, 11) is 0. The Morgan fingerprint density at radius 3 is 2.25 bits per heavy atom. The van der Waals surface area contributed by atoms with Gasteiger partial charge >= 0.3 is 0 Å². The first kappa shape index (κ1) is 16.9. The van der Waals surface area contributed by atoms with Gasteiger partial charge in [-0.15, -0.1) is 0 Å². The van der Waals surface area contributed by atoms with E-state index < -0.39 is 29.6 Å². The number of alkyl halides is 3. The van der Waals surface area contributed by atoms with Crippen LogP contribution in [0.2, 0.25) is 0 Å². The van der Waals surface area contributed by atoms with E-state index in [0.717, 1.165) is 0 Å². The molecule has 0 aromatic heterocycles. The number of ketones is 1. The van der Waals surface area contributed by atoms with Gasteiger partial charge in [-0.1, -0.05) is 47.5 Å². The third-order valence-corrected chi connectivity index (χ3v) is 3.13. The summed E-state index contributed by atoms with van der Waals surface area (Å²) in [5, 5.41) is 12.2. The maximum absolute atomic E-state index is 12.9. The normalized spacial score (nSPS) is 13.9. The third-order valence-electron chi connectivity index (χ3n) is 2.73. The molecule has 1 rings (SSSR count). The molecule has 0 unspecified atom stereocenters. The highest BCUT2D eigenvalue weighted by molar-refractivity contribution is 6.53. The molecule has 110 valence electrons. The molecule has 20 heavy (non-hydrogen) atoms. The molecule has 0 fully saturated rings. The molecule has 0 saturated carbocycles. The lowest BCUT2D eigenvalue weighted by Crippen LogP contribution is -2.43. The first-order chi connectivity index (χ1) is 9.36. The Balaban J connectivity index is 2.82. The van der Waals surface area contributed by atoms with Crippen LogP contribution in [0.4, 0.5) is 4.39 Å². The van der Waals surface area contributed by atoms with Gasteiger partial charge in [0.2, 0.25) is 0 Å². The van der Waals surface area contributed by atoms with Crippen molar-refractivity contribution < 1.29 is 19.1 Å². The van der Waals surface area contributed by atoms with Crippen molar-refractivity contribution in [3.05, 3.63) is 35.4 Å². The van der Waals surface area contributed by atoms with E-state index in [2.05, 4.69) is 5.32 Å². The fourth-order valence-electron chi connectivity index (χ4n) is 1.59. The van der Waals surface area contributed by atoms with Crippen LogP contribution in [0.25, 0.3) is 0 Å². The summed E-state index contributed by atoms with van der Waals surface area (Å²) in [6, 6.07) is 4.86. The maximum atomic E-state index is 12.9. The van der Waals surface area contributed by atoms with Crippen LogP contribution in [-0.2, 0) is 4.79 Å². The van der Waals surface area contributed by atoms with Crippen molar-refractivity contribution in [2.24, 2.45) is 0 Å². The van der Waals surface area contributed by atoms with E-state index in [1.165, 1.54) is 31.2 Å². The Morgan fingerprint density at radius 2 is 1.85 bits per heavy atom. The monoisotopic (exact) mass is 321 g/mol. The number of halogens is 3. The third kappa shape index (κ3) is 4.44. The minimum atomic E-state index is -1.34. The lowest BCUT2D eigenvalue weighted by molar-refractivity contribution is -0.121. The second-order valence-corrected chi connectivity index (χ2v) is 5.29. The molecule has 7 heteroatoms. The molecule has 2 atom stereocenters. The van der Waals surface area contributed by atoms with Crippen LogP contribution in [0, 0.1) is 0 Å². The van der Waals surface area contributed by atoms with Gasteiger partial charge in [0, 0.05) is 5.56 Å². The lowest BCUT2D eigenvalue weighted by atomic mass is 10.0. The molecule has 0 aliphatic heterocycles. The van der Waals surface area contributed by atoms with Crippen LogP contribution >= 0.6 is 23.2 Å². The number of benzene rings is 1. The maximum Gasteiger partial charge on any atom is 0.253 e. The average molecular weight is 322 g/mol. The Morgan fingerprint density at radius 1 is 1.30 bits per heavy atom. The molecule has 1 aromatic carbocycles. The molecule has 4 nitrogen and oxygen atoms in total. The molecule has 0 saturated heterocycles. The molecular weight excluding hydrogens is 308 g/mol. The Kier molecular flexibility index (Phi) is 6.39. The minimum Gasteiger partial charge on any atom is -0.386 e. The van der Waals surface area contributed by atoms with Gasteiger partial charge in [0.15, 0.2) is 10.6 Å². The van der Waals surface area contributed by atoms with Gasteiger partial charge in [-0.25, -0.2) is 4.39 Å². The number of carbonyl (C=O) groups is 2. The zero-order valence-corrected chi connectivity index (χ0v) is 12.2. The summed E-state index contributed by atoms with van der Waals surface area (Å²) in [5.74, 6) is -0.899. The van der Waals surface area contributed by atoms with Gasteiger partial charge in [-0.3, -0.25) is 9.59 Å². The first-order valence-electron chi connectivity index (χ1n) is 5.80. The van der Waals surface area contributed by atoms with Crippen molar-refractivity contribution >= 4 is 34.9 Å². The summed E-state index contributed by atoms with van der Waals surface area (Å²) in [6.45, 7) is 0.430. The van der Waals surface area contributed by atoms with E-state index in [9.17, 15) is 19.1 Å². The highest BCUT2D eigenvalue weighted by Crippen LogP contribution is 2.19. The second-order valence-electron chi connectivity index (χ2n) is 4.19. The highest BCUT2D eigenvalue weighted by Gasteiger charge is 2.25. The average Bonchev–Trinajstić information content (AvgIpc) is 2.43. The standard InChI is InChI=1S/C13H14Cl2FNO3/c1-7(18)8-2-4-9(5-3-8)11(19)10(6-16)17-13(20)12(14)15/h2-5,10-12,19H,6H2,1H3,(H,17,20)/t10-,11-/m1/s1. The van der Waals surface area contributed by atoms with Crippen molar-refractivity contribution in [1.82, 2.24) is 5.32 Å². The summed E-state index contributed by atoms with van der Waals surface area (Å²) in [4.78, 5) is 21.1. The van der Waals surface area contributed by atoms with Crippen LogP contribution in [0.15, 0.2) is 24.3 Å². The SMILES string of the molecule is CC(=O)c1ccc([C@@H](O)[C@@H](CF)NC(=O)C(Cl)Cl)cc1. The summed E-state index contributed by atoms with van der Waals surface area (Å²) in [5.41, 5.74) is 0.849. The number of hydrogen-bond acceptors (Lipinski definition) is 3. The predicted molar refractivity (Wildman–Crippen MR) is 74.8 cm³/mol. The van der Waals surface area contributed by atoms with Crippen LogP contribution in [-0.4, -0.2) is 34.3 Å². The zero-order valence-electron chi connectivity index (χ0n) is 10.6. The van der Waals surface area contributed by atoms with Gasteiger partial charge in [0.1, 0.15) is 12.8 Å². The number of aliphatic hydroxyl groups excluding tert-OH is 1. The second kappa shape index (κ2) is 7.57. The fraction of sp³-hybridized carbons (Fsp3) is 0.385. The lowest BCUT2D eigenvalue weighted by Gasteiger charge is -2.22. The van der Waals surface area contributed by atoms with Gasteiger partial charge in [0.05, 0.1) is 6.04 Å². The number of rotatable bonds is 6. The first-order valence-corrected chi connectivity index (χ1v) is 6.67. The van der Waals surface area contributed by atoms with E-state index >= 15 is 0 Å². The van der Waals surface area contributed by atoms with E-state index in [0.29, 0.717) is 11.1 Å². The molecule has 0 aliphatic carbocycles. The molecule has 0 aliphatic rings. The van der Waals surface area contributed by atoms with Gasteiger partial charge in [-0.05, 0) is 12.5 Å². The quantitative estimate of drug-likeness (QED) is 0.623. The molecule has 0 radical (unpaired) electrons. The molecule has 2 N–H and O–H groups in total. The van der Waals surface area contributed by atoms with E-state index in [-0.39, 0.29) is 5.78 Å². The summed E-state index contributed by atoms with van der Waals surface area (Å²) in [6.07, 6.45) is -1.27.